The molecular weight excluding hydrogens is 836 g/mol. The highest BCUT2D eigenvalue weighted by Gasteiger charge is 2.31. The fourth-order valence-electron chi connectivity index (χ4n) is 9.73. The summed E-state index contributed by atoms with van der Waals surface area (Å²) >= 11 is 0. The van der Waals surface area contributed by atoms with Crippen molar-refractivity contribution >= 4 is 49.3 Å². The number of nitrogens with zero attached hydrogens (tertiary/aromatic N) is 5. The summed E-state index contributed by atoms with van der Waals surface area (Å²) < 4.78 is 48.0. The maximum absolute atomic E-state index is 14.6. The average molecular weight is 870 g/mol. The molecule has 8 heteroatoms. The Morgan fingerprint density at radius 2 is 1.09 bits per heavy atom. The predicted molar refractivity (Wildman–Crippen MR) is 262 cm³/mol. The minimum Gasteiger partial charge on any atom is -0.309 e. The molecule has 0 atom stereocenters. The van der Waals surface area contributed by atoms with Crippen LogP contribution in [0.1, 0.15) is 22.3 Å². The molecular formula is C59H34F3N5. The molecule has 0 saturated heterocycles. The first kappa shape index (κ1) is 40.6. The van der Waals surface area contributed by atoms with Gasteiger partial charge in [-0.25, -0.2) is 4.85 Å². The lowest BCUT2D eigenvalue weighted by molar-refractivity contribution is -0.137. The van der Waals surface area contributed by atoms with Crippen LogP contribution in [0.2, 0.25) is 0 Å². The first-order valence-corrected chi connectivity index (χ1v) is 21.5. The van der Waals surface area contributed by atoms with Gasteiger partial charge in [-0.2, -0.15) is 23.7 Å². The van der Waals surface area contributed by atoms with Gasteiger partial charge in [0.25, 0.3) is 0 Å². The minimum absolute atomic E-state index is 0.385. The monoisotopic (exact) mass is 869 g/mol. The van der Waals surface area contributed by atoms with Crippen LogP contribution in [-0.2, 0) is 6.18 Å². The standard InChI is InChI=1S/C59H34F3N5/c1-36-27-41(30-42(28-36)59(60,61)62)45-23-22-43(66-54-17-9-6-14-47(54)51-31-38(20-25-56(51)66)44-12-4-3-11-40(44)35-64)33-49(45)50-29-37(34-63)19-24-57(50)67-55-18-10-7-15-48(55)52-32-39(21-26-58(52)67)46-13-5-8-16-53(46)65-2/h3-33H,1H3. The van der Waals surface area contributed by atoms with Gasteiger partial charge in [0.2, 0.25) is 0 Å². The Hall–Kier alpha value is -9.16. The summed E-state index contributed by atoms with van der Waals surface area (Å²) in [5.74, 6) is 0. The zero-order chi connectivity index (χ0) is 46.0. The van der Waals surface area contributed by atoms with Crippen molar-refractivity contribution in [1.82, 2.24) is 9.13 Å². The van der Waals surface area contributed by atoms with Gasteiger partial charge in [0.15, 0.2) is 5.69 Å². The average Bonchev–Trinajstić information content (AvgIpc) is 3.87. The van der Waals surface area contributed by atoms with E-state index in [0.717, 1.165) is 83.3 Å². The topological polar surface area (TPSA) is 61.8 Å². The predicted octanol–water partition coefficient (Wildman–Crippen LogP) is 16.2. The van der Waals surface area contributed by atoms with E-state index >= 15 is 0 Å². The van der Waals surface area contributed by atoms with E-state index in [9.17, 15) is 23.7 Å². The largest absolute Gasteiger partial charge is 0.416 e. The fourth-order valence-corrected chi connectivity index (χ4v) is 9.73. The second-order valence-electron chi connectivity index (χ2n) is 16.6. The van der Waals surface area contributed by atoms with Crippen molar-refractivity contribution in [1.29, 1.82) is 10.5 Å². The summed E-state index contributed by atoms with van der Waals surface area (Å²) in [5.41, 5.74) is 11.9. The number of aromatic nitrogens is 2. The van der Waals surface area contributed by atoms with Crippen LogP contribution in [0.5, 0.6) is 0 Å². The van der Waals surface area contributed by atoms with Crippen LogP contribution in [0.15, 0.2) is 188 Å². The second-order valence-corrected chi connectivity index (χ2v) is 16.6. The van der Waals surface area contributed by atoms with E-state index in [1.54, 1.807) is 25.1 Å². The van der Waals surface area contributed by atoms with E-state index in [4.69, 9.17) is 6.57 Å². The summed E-state index contributed by atoms with van der Waals surface area (Å²) in [6.07, 6.45) is -4.58. The van der Waals surface area contributed by atoms with Gasteiger partial charge >= 0.3 is 6.18 Å². The number of benzene rings is 9. The number of nitriles is 2. The normalized spacial score (nSPS) is 11.5. The zero-order valence-electron chi connectivity index (χ0n) is 35.8. The van der Waals surface area contributed by atoms with Crippen molar-refractivity contribution in [3.8, 4) is 68.0 Å². The Balaban J connectivity index is 1.20. The lowest BCUT2D eigenvalue weighted by Gasteiger charge is -2.20. The van der Waals surface area contributed by atoms with Gasteiger partial charge in [-0.05, 0) is 136 Å². The molecule has 0 unspecified atom stereocenters. The molecule has 0 aliphatic rings. The van der Waals surface area contributed by atoms with E-state index in [0.29, 0.717) is 44.6 Å². The SMILES string of the molecule is [C-]#[N+]c1ccccc1-c1ccc2c(c1)c1ccccc1n2-c1ccc(C#N)cc1-c1cc(-n2c3ccccc3c3cc(-c4ccccc4C#N)ccc32)ccc1-c1cc(C)cc(C(F)(F)F)c1. The lowest BCUT2D eigenvalue weighted by atomic mass is 9.90. The lowest BCUT2D eigenvalue weighted by Crippen LogP contribution is -2.06. The van der Waals surface area contributed by atoms with Gasteiger partial charge in [0, 0.05) is 32.8 Å². The van der Waals surface area contributed by atoms with E-state index in [-0.39, 0.29) is 0 Å². The third-order valence-corrected chi connectivity index (χ3v) is 12.7. The maximum atomic E-state index is 14.6. The Morgan fingerprint density at radius 3 is 1.78 bits per heavy atom. The molecule has 0 spiro atoms. The van der Waals surface area contributed by atoms with Gasteiger partial charge in [0.1, 0.15) is 0 Å². The van der Waals surface area contributed by atoms with Crippen LogP contribution in [0, 0.1) is 36.2 Å². The molecule has 11 aromatic rings. The van der Waals surface area contributed by atoms with Crippen molar-refractivity contribution < 1.29 is 13.2 Å². The highest BCUT2D eigenvalue weighted by atomic mass is 19.4. The molecule has 67 heavy (non-hydrogen) atoms. The first-order valence-electron chi connectivity index (χ1n) is 21.5. The molecule has 9 aromatic carbocycles. The summed E-state index contributed by atoms with van der Waals surface area (Å²) in [6.45, 7) is 9.51. The molecule has 0 N–H and O–H groups in total. The summed E-state index contributed by atoms with van der Waals surface area (Å²) in [7, 11) is 0. The van der Waals surface area contributed by atoms with E-state index in [1.807, 2.05) is 133 Å². The van der Waals surface area contributed by atoms with Crippen LogP contribution in [0.3, 0.4) is 0 Å². The van der Waals surface area contributed by atoms with Crippen LogP contribution in [0.4, 0.5) is 18.9 Å². The van der Waals surface area contributed by atoms with E-state index in [2.05, 4.69) is 50.4 Å². The molecule has 11 rings (SSSR count). The molecule has 5 nitrogen and oxygen atoms in total. The zero-order valence-corrected chi connectivity index (χ0v) is 35.8. The van der Waals surface area contributed by atoms with E-state index < -0.39 is 11.7 Å². The number of hydrogen-bond donors (Lipinski definition) is 0. The highest BCUT2D eigenvalue weighted by molar-refractivity contribution is 6.12. The van der Waals surface area contributed by atoms with Gasteiger partial charge in [-0.3, -0.25) is 0 Å². The van der Waals surface area contributed by atoms with Crippen molar-refractivity contribution in [3.63, 3.8) is 0 Å². The van der Waals surface area contributed by atoms with Gasteiger partial charge in [-0.1, -0.05) is 103 Å². The number of halogens is 3. The molecule has 0 saturated carbocycles. The number of rotatable bonds is 6. The molecule has 0 aliphatic carbocycles. The van der Waals surface area contributed by atoms with Crippen LogP contribution >= 0.6 is 0 Å². The number of alkyl halides is 3. The van der Waals surface area contributed by atoms with Crippen LogP contribution in [0.25, 0.3) is 104 Å². The molecule has 0 aliphatic heterocycles. The smallest absolute Gasteiger partial charge is 0.309 e. The number of para-hydroxylation sites is 3. The summed E-state index contributed by atoms with van der Waals surface area (Å²) in [4.78, 5) is 3.79. The Kier molecular flexibility index (Phi) is 9.59. The molecule has 316 valence electrons. The molecule has 0 bridgehead atoms. The molecule has 0 amide bonds. The van der Waals surface area contributed by atoms with E-state index in [1.165, 1.54) is 6.07 Å². The fraction of sp³-hybridized carbons (Fsp3) is 0.0339. The van der Waals surface area contributed by atoms with Crippen molar-refractivity contribution in [2.24, 2.45) is 0 Å². The Morgan fingerprint density at radius 1 is 0.478 bits per heavy atom. The summed E-state index contributed by atoms with van der Waals surface area (Å²) in [6, 6.07) is 63.6. The third kappa shape index (κ3) is 6.78. The minimum atomic E-state index is -4.58. The van der Waals surface area contributed by atoms with Crippen LogP contribution < -0.4 is 0 Å². The number of hydrogen-bond acceptors (Lipinski definition) is 2. The maximum Gasteiger partial charge on any atom is 0.416 e. The van der Waals surface area contributed by atoms with Gasteiger partial charge < -0.3 is 9.13 Å². The van der Waals surface area contributed by atoms with Crippen molar-refractivity contribution in [3.05, 3.63) is 222 Å². The highest BCUT2D eigenvalue weighted by Crippen LogP contribution is 2.45. The first-order chi connectivity index (χ1) is 32.6. The van der Waals surface area contributed by atoms with Crippen molar-refractivity contribution in [2.45, 2.75) is 13.1 Å². The molecule has 0 radical (unpaired) electrons. The Labute approximate surface area is 383 Å². The Bertz CT molecular complexity index is 3980. The second kappa shape index (κ2) is 15.8. The molecule has 2 heterocycles. The number of fused-ring (bicyclic) bond motifs is 6. The quantitative estimate of drug-likeness (QED) is 0.156. The van der Waals surface area contributed by atoms with Crippen LogP contribution in [-0.4, -0.2) is 9.13 Å². The molecule has 0 fully saturated rings. The number of aryl methyl sites for hydroxylation is 1. The van der Waals surface area contributed by atoms with Gasteiger partial charge in [-0.15, -0.1) is 0 Å². The third-order valence-electron chi connectivity index (χ3n) is 12.7. The molecule has 2 aromatic heterocycles. The van der Waals surface area contributed by atoms with Crippen molar-refractivity contribution in [2.75, 3.05) is 0 Å². The summed E-state index contributed by atoms with van der Waals surface area (Å²) in [5, 5.41) is 24.3. The van der Waals surface area contributed by atoms with Gasteiger partial charge in [0.05, 0.1) is 63.2 Å².